The third-order valence-electron chi connectivity index (χ3n) is 10.3. The summed E-state index contributed by atoms with van der Waals surface area (Å²) in [6, 6.07) is 21.6. The number of rotatable bonds is 11. The van der Waals surface area contributed by atoms with Crippen LogP contribution in [0.5, 0.6) is 0 Å². The molecule has 0 saturated heterocycles. The molecule has 0 aliphatic heterocycles. The predicted molar refractivity (Wildman–Crippen MR) is 179 cm³/mol. The van der Waals surface area contributed by atoms with Crippen molar-refractivity contribution in [3.8, 4) is 0 Å². The van der Waals surface area contributed by atoms with E-state index < -0.39 is 18.4 Å². The van der Waals surface area contributed by atoms with Gasteiger partial charge in [-0.2, -0.15) is 8.42 Å². The minimum atomic E-state index is -3.54. The molecule has 0 amide bonds. The van der Waals surface area contributed by atoms with Crippen LogP contribution in [0.1, 0.15) is 67.7 Å². The summed E-state index contributed by atoms with van der Waals surface area (Å²) in [5.74, 6) is 1.68. The molecule has 0 heterocycles. The molecule has 0 unspecified atom stereocenters. The summed E-state index contributed by atoms with van der Waals surface area (Å²) >= 11 is 0. The summed E-state index contributed by atoms with van der Waals surface area (Å²) in [6.07, 6.45) is 6.38. The van der Waals surface area contributed by atoms with Gasteiger partial charge in [-0.15, -0.1) is 0 Å². The summed E-state index contributed by atoms with van der Waals surface area (Å²) in [5.41, 5.74) is 1.36. The molecular weight excluding hydrogens is 573 g/mol. The van der Waals surface area contributed by atoms with Crippen LogP contribution in [0, 0.1) is 41.4 Å². The Morgan fingerprint density at radius 3 is 1.95 bits per heavy atom. The van der Waals surface area contributed by atoms with Gasteiger partial charge in [0.1, 0.15) is 0 Å². The highest BCUT2D eigenvalue weighted by atomic mass is 32.2. The number of aliphatic hydroxyl groups is 1. The molecule has 0 spiro atoms. The van der Waals surface area contributed by atoms with Gasteiger partial charge < -0.3 is 9.53 Å². The SMILES string of the molecule is CC1=C[C@@H]2[C@H]([C@H](C)CO)C[C@@H](O[Si](c3ccccc3)(c3ccccc3)C(C)(C)C)C[C@@H]2[C@H]([C@H](COS(C)(=O)=O)C(C)C)C1. The van der Waals surface area contributed by atoms with Crippen molar-refractivity contribution < 1.29 is 22.1 Å². The molecular formula is C36H54O5SSi. The van der Waals surface area contributed by atoms with Crippen LogP contribution in [0.2, 0.25) is 5.04 Å². The molecule has 1 saturated carbocycles. The number of hydrogen-bond donors (Lipinski definition) is 1. The van der Waals surface area contributed by atoms with Gasteiger partial charge in [0.05, 0.1) is 12.9 Å². The van der Waals surface area contributed by atoms with E-state index in [-0.39, 0.29) is 53.9 Å². The first kappa shape index (κ1) is 34.1. The van der Waals surface area contributed by atoms with Gasteiger partial charge in [0, 0.05) is 12.7 Å². The Kier molecular flexibility index (Phi) is 10.9. The van der Waals surface area contributed by atoms with Crippen LogP contribution < -0.4 is 10.4 Å². The molecule has 2 aliphatic rings. The van der Waals surface area contributed by atoms with Crippen molar-refractivity contribution in [1.29, 1.82) is 0 Å². The second-order valence-electron chi connectivity index (χ2n) is 14.7. The smallest absolute Gasteiger partial charge is 0.264 e. The van der Waals surface area contributed by atoms with Crippen LogP contribution in [0.4, 0.5) is 0 Å². The number of hydrogen-bond acceptors (Lipinski definition) is 5. The Morgan fingerprint density at radius 1 is 0.930 bits per heavy atom. The molecule has 2 aromatic rings. The summed E-state index contributed by atoms with van der Waals surface area (Å²) in [7, 11) is -6.32. The average Bonchev–Trinajstić information content (AvgIpc) is 2.94. The van der Waals surface area contributed by atoms with Crippen molar-refractivity contribution in [2.24, 2.45) is 41.4 Å². The van der Waals surface area contributed by atoms with E-state index >= 15 is 0 Å². The van der Waals surface area contributed by atoms with E-state index in [4.69, 9.17) is 8.61 Å². The lowest BCUT2D eigenvalue weighted by Crippen LogP contribution is -2.68. The van der Waals surface area contributed by atoms with Crippen molar-refractivity contribution in [2.75, 3.05) is 19.5 Å². The molecule has 4 rings (SSSR count). The van der Waals surface area contributed by atoms with Crippen LogP contribution in [0.25, 0.3) is 0 Å². The largest absolute Gasteiger partial charge is 0.404 e. The highest BCUT2D eigenvalue weighted by molar-refractivity contribution is 7.85. The van der Waals surface area contributed by atoms with E-state index in [9.17, 15) is 13.5 Å². The lowest BCUT2D eigenvalue weighted by Gasteiger charge is -2.53. The fourth-order valence-electron chi connectivity index (χ4n) is 8.23. The Morgan fingerprint density at radius 2 is 1.49 bits per heavy atom. The van der Waals surface area contributed by atoms with Gasteiger partial charge in [-0.3, -0.25) is 4.18 Å². The number of aliphatic hydroxyl groups excluding tert-OH is 1. The molecule has 2 aromatic carbocycles. The van der Waals surface area contributed by atoms with Gasteiger partial charge in [-0.05, 0) is 83.0 Å². The van der Waals surface area contributed by atoms with Gasteiger partial charge in [0.25, 0.3) is 18.4 Å². The molecule has 0 radical (unpaired) electrons. The van der Waals surface area contributed by atoms with Crippen molar-refractivity contribution in [3.63, 3.8) is 0 Å². The summed E-state index contributed by atoms with van der Waals surface area (Å²) in [5, 5.41) is 12.9. The highest BCUT2D eigenvalue weighted by Gasteiger charge is 2.54. The molecule has 43 heavy (non-hydrogen) atoms. The van der Waals surface area contributed by atoms with Gasteiger partial charge in [-0.25, -0.2) is 0 Å². The van der Waals surface area contributed by atoms with E-state index in [0.29, 0.717) is 11.8 Å². The maximum Gasteiger partial charge on any atom is 0.264 e. The second-order valence-corrected chi connectivity index (χ2v) is 20.6. The summed E-state index contributed by atoms with van der Waals surface area (Å²) < 4.78 is 37.3. The third-order valence-corrected chi connectivity index (χ3v) is 16.0. The Labute approximate surface area is 262 Å². The first-order valence-corrected chi connectivity index (χ1v) is 19.8. The van der Waals surface area contributed by atoms with Gasteiger partial charge in [0.2, 0.25) is 0 Å². The van der Waals surface area contributed by atoms with Crippen LogP contribution in [0.3, 0.4) is 0 Å². The van der Waals surface area contributed by atoms with E-state index in [1.807, 2.05) is 0 Å². The zero-order chi connectivity index (χ0) is 31.6. The Hall–Kier alpha value is -1.77. The molecule has 2 aliphatic carbocycles. The normalized spacial score (nSPS) is 26.5. The highest BCUT2D eigenvalue weighted by Crippen LogP contribution is 2.52. The van der Waals surface area contributed by atoms with Crippen molar-refractivity contribution in [1.82, 2.24) is 0 Å². The molecule has 0 bridgehead atoms. The fourth-order valence-corrected chi connectivity index (χ4v) is 13.3. The van der Waals surface area contributed by atoms with Gasteiger partial charge in [-0.1, -0.05) is 114 Å². The average molecular weight is 627 g/mol. The van der Waals surface area contributed by atoms with E-state index in [2.05, 4.69) is 115 Å². The van der Waals surface area contributed by atoms with E-state index in [1.165, 1.54) is 15.9 Å². The number of benzene rings is 2. The van der Waals surface area contributed by atoms with Crippen molar-refractivity contribution >= 4 is 28.8 Å². The summed E-state index contributed by atoms with van der Waals surface area (Å²) in [6.45, 7) is 16.1. The minimum Gasteiger partial charge on any atom is -0.404 e. The molecule has 1 fully saturated rings. The zero-order valence-corrected chi connectivity index (χ0v) is 29.3. The van der Waals surface area contributed by atoms with E-state index in [0.717, 1.165) is 25.5 Å². The number of fused-ring (bicyclic) bond motifs is 1. The lowest BCUT2D eigenvalue weighted by molar-refractivity contribution is -0.0283. The van der Waals surface area contributed by atoms with Crippen LogP contribution in [-0.4, -0.2) is 47.4 Å². The molecule has 1 N–H and O–H groups in total. The Balaban J connectivity index is 1.81. The molecule has 7 heteroatoms. The zero-order valence-electron chi connectivity index (χ0n) is 27.5. The van der Waals surface area contributed by atoms with Gasteiger partial charge in [0.15, 0.2) is 0 Å². The first-order chi connectivity index (χ1) is 20.2. The first-order valence-electron chi connectivity index (χ1n) is 16.1. The maximum atomic E-state index is 12.1. The maximum absolute atomic E-state index is 12.1. The van der Waals surface area contributed by atoms with Crippen LogP contribution in [-0.2, 0) is 18.7 Å². The molecule has 7 atom stereocenters. The van der Waals surface area contributed by atoms with E-state index in [1.54, 1.807) is 0 Å². The fraction of sp³-hybridized carbons (Fsp3) is 0.611. The van der Waals surface area contributed by atoms with Crippen LogP contribution in [0.15, 0.2) is 72.3 Å². The van der Waals surface area contributed by atoms with Crippen molar-refractivity contribution in [3.05, 3.63) is 72.3 Å². The van der Waals surface area contributed by atoms with Gasteiger partial charge >= 0.3 is 0 Å². The lowest BCUT2D eigenvalue weighted by atomic mass is 9.56. The quantitative estimate of drug-likeness (QED) is 0.177. The predicted octanol–water partition coefficient (Wildman–Crippen LogP) is 6.42. The molecule has 238 valence electrons. The number of allylic oxidation sites excluding steroid dienone is 2. The van der Waals surface area contributed by atoms with Crippen LogP contribution >= 0.6 is 0 Å². The summed E-state index contributed by atoms with van der Waals surface area (Å²) in [4.78, 5) is 0. The standard InChI is InChI=1S/C36H54O5SSi/c1-25(2)35(24-40-42(8,38)39)33-20-26(3)19-32-31(27(4)23-37)21-28(22-34(32)33)41-43(36(5,6)7,29-15-11-9-12-16-29)30-17-13-10-14-18-30/h9-19,25,27-28,31-35,37H,20-24H2,1-8H3/t27-,28-,31+,32-,33-,34+,35-/m1/s1. The monoisotopic (exact) mass is 626 g/mol. The minimum absolute atomic E-state index is 0.0181. The molecule has 0 aromatic heterocycles. The Bertz CT molecular complexity index is 1280. The topological polar surface area (TPSA) is 72.8 Å². The third kappa shape index (κ3) is 7.55. The molecule has 5 nitrogen and oxygen atoms in total. The second kappa shape index (κ2) is 13.7. The van der Waals surface area contributed by atoms with Crippen molar-refractivity contribution in [2.45, 2.75) is 78.9 Å².